The quantitative estimate of drug-likeness (QED) is 0.360. The zero-order valence-corrected chi connectivity index (χ0v) is 19.0. The summed E-state index contributed by atoms with van der Waals surface area (Å²) in [6, 6.07) is 5.27. The SMILES string of the molecule is O=C1COc2ccc(CNC(=O)c3ncnc4c(C(=O)NCC5(O)CCCCC5)c[nH]c34)cc2N1. The molecule has 35 heavy (non-hydrogen) atoms. The number of aromatic nitrogens is 3. The first-order chi connectivity index (χ1) is 16.9. The monoisotopic (exact) mass is 478 g/mol. The van der Waals surface area contributed by atoms with E-state index in [0.29, 0.717) is 35.3 Å². The third-order valence-electron chi connectivity index (χ3n) is 6.42. The largest absolute Gasteiger partial charge is 0.482 e. The van der Waals surface area contributed by atoms with Crippen LogP contribution in [0, 0.1) is 0 Å². The van der Waals surface area contributed by atoms with Gasteiger partial charge in [0.25, 0.3) is 17.7 Å². The highest BCUT2D eigenvalue weighted by Crippen LogP contribution is 2.29. The molecule has 0 unspecified atom stereocenters. The summed E-state index contributed by atoms with van der Waals surface area (Å²) in [4.78, 5) is 48.4. The number of carbonyl (C=O) groups is 3. The molecule has 5 rings (SSSR count). The van der Waals surface area contributed by atoms with E-state index in [4.69, 9.17) is 4.74 Å². The molecule has 11 nitrogen and oxygen atoms in total. The Kier molecular flexibility index (Phi) is 6.08. The van der Waals surface area contributed by atoms with Crippen molar-refractivity contribution in [3.05, 3.63) is 47.5 Å². The lowest BCUT2D eigenvalue weighted by Crippen LogP contribution is -2.44. The van der Waals surface area contributed by atoms with Crippen molar-refractivity contribution in [3.8, 4) is 5.75 Å². The van der Waals surface area contributed by atoms with E-state index in [9.17, 15) is 19.5 Å². The van der Waals surface area contributed by atoms with Crippen LogP contribution in [-0.4, -0.2) is 56.5 Å². The van der Waals surface area contributed by atoms with E-state index in [2.05, 4.69) is 30.9 Å². The average Bonchev–Trinajstić information content (AvgIpc) is 3.30. The molecule has 11 heteroatoms. The van der Waals surface area contributed by atoms with Gasteiger partial charge in [0.1, 0.15) is 17.6 Å². The van der Waals surface area contributed by atoms with Crippen LogP contribution in [0.4, 0.5) is 5.69 Å². The Bertz CT molecular complexity index is 1300. The molecule has 3 amide bonds. The Hall–Kier alpha value is -3.99. The van der Waals surface area contributed by atoms with Crippen molar-refractivity contribution in [1.82, 2.24) is 25.6 Å². The lowest BCUT2D eigenvalue weighted by atomic mass is 9.85. The molecule has 1 aromatic carbocycles. The van der Waals surface area contributed by atoms with Crippen LogP contribution in [0.1, 0.15) is 58.5 Å². The summed E-state index contributed by atoms with van der Waals surface area (Å²) in [5, 5.41) is 19.0. The van der Waals surface area contributed by atoms with Crippen LogP contribution in [0.2, 0.25) is 0 Å². The molecule has 1 fully saturated rings. The van der Waals surface area contributed by atoms with Crippen LogP contribution < -0.4 is 20.7 Å². The van der Waals surface area contributed by atoms with Gasteiger partial charge in [0.15, 0.2) is 12.3 Å². The summed E-state index contributed by atoms with van der Waals surface area (Å²) >= 11 is 0. The number of carbonyl (C=O) groups excluding carboxylic acids is 3. The molecule has 0 radical (unpaired) electrons. The van der Waals surface area contributed by atoms with Crippen LogP contribution in [0.25, 0.3) is 11.0 Å². The number of fused-ring (bicyclic) bond motifs is 2. The molecule has 0 bridgehead atoms. The molecule has 182 valence electrons. The number of hydrogen-bond donors (Lipinski definition) is 5. The number of benzene rings is 1. The minimum Gasteiger partial charge on any atom is -0.482 e. The number of H-pyrrole nitrogens is 1. The van der Waals surface area contributed by atoms with Crippen molar-refractivity contribution in [1.29, 1.82) is 0 Å². The maximum atomic E-state index is 12.9. The van der Waals surface area contributed by atoms with Crippen LogP contribution in [0.3, 0.4) is 0 Å². The Balaban J connectivity index is 1.27. The summed E-state index contributed by atoms with van der Waals surface area (Å²) < 4.78 is 5.35. The highest BCUT2D eigenvalue weighted by molar-refractivity contribution is 6.10. The number of hydrogen-bond acceptors (Lipinski definition) is 7. The molecule has 0 saturated heterocycles. The number of rotatable bonds is 6. The van der Waals surface area contributed by atoms with Gasteiger partial charge in [-0.05, 0) is 30.5 Å². The molecule has 3 heterocycles. The molecule has 3 aromatic rings. The minimum atomic E-state index is -0.883. The third kappa shape index (κ3) is 4.80. The Labute approximate surface area is 200 Å². The second kappa shape index (κ2) is 9.34. The summed E-state index contributed by atoms with van der Waals surface area (Å²) in [6.07, 6.45) is 7.04. The highest BCUT2D eigenvalue weighted by Gasteiger charge is 2.30. The fourth-order valence-electron chi connectivity index (χ4n) is 4.52. The van der Waals surface area contributed by atoms with Crippen molar-refractivity contribution in [2.75, 3.05) is 18.5 Å². The van der Waals surface area contributed by atoms with Gasteiger partial charge >= 0.3 is 0 Å². The minimum absolute atomic E-state index is 0.0240. The Morgan fingerprint density at radius 1 is 1.11 bits per heavy atom. The predicted octanol–water partition coefficient (Wildman–Crippen LogP) is 1.64. The second-order valence-corrected chi connectivity index (χ2v) is 8.97. The average molecular weight is 479 g/mol. The lowest BCUT2D eigenvalue weighted by Gasteiger charge is -2.32. The van der Waals surface area contributed by atoms with Crippen molar-refractivity contribution in [2.45, 2.75) is 44.2 Å². The number of nitrogens with zero attached hydrogens (tertiary/aromatic N) is 2. The number of ether oxygens (including phenoxy) is 1. The van der Waals surface area contributed by atoms with E-state index in [1.165, 1.54) is 12.5 Å². The molecule has 5 N–H and O–H groups in total. The van der Waals surface area contributed by atoms with Crippen molar-refractivity contribution in [2.24, 2.45) is 0 Å². The first-order valence-electron chi connectivity index (χ1n) is 11.6. The third-order valence-corrected chi connectivity index (χ3v) is 6.42. The highest BCUT2D eigenvalue weighted by atomic mass is 16.5. The summed E-state index contributed by atoms with van der Waals surface area (Å²) in [5.41, 5.74) is 1.49. The molecule has 1 aliphatic heterocycles. The molecule has 0 spiro atoms. The molecule has 2 aliphatic rings. The molecule has 2 aromatic heterocycles. The standard InChI is InChI=1S/C24H26N6O5/c31-18-11-35-17-5-4-14(8-16(17)30-18)9-26-23(33)21-20-19(28-13-29-21)15(10-25-20)22(32)27-12-24(34)6-2-1-3-7-24/h4-5,8,10,13,25,34H,1-3,6-7,9,11-12H2,(H,26,33)(H,27,32)(H,30,31). The van der Waals surface area contributed by atoms with Gasteiger partial charge in [-0.25, -0.2) is 9.97 Å². The van der Waals surface area contributed by atoms with Crippen LogP contribution in [0.5, 0.6) is 5.75 Å². The first kappa shape index (κ1) is 22.8. The van der Waals surface area contributed by atoms with Gasteiger partial charge < -0.3 is 30.8 Å². The fourth-order valence-corrected chi connectivity index (χ4v) is 4.52. The van der Waals surface area contributed by atoms with Gasteiger partial charge in [0.05, 0.1) is 22.4 Å². The first-order valence-corrected chi connectivity index (χ1v) is 11.6. The van der Waals surface area contributed by atoms with Gasteiger partial charge in [0, 0.05) is 19.3 Å². The Morgan fingerprint density at radius 2 is 1.94 bits per heavy atom. The van der Waals surface area contributed by atoms with Crippen LogP contribution >= 0.6 is 0 Å². The predicted molar refractivity (Wildman–Crippen MR) is 126 cm³/mol. The fraction of sp³-hybridized carbons (Fsp3) is 0.375. The van der Waals surface area contributed by atoms with Crippen molar-refractivity contribution in [3.63, 3.8) is 0 Å². The normalized spacial score (nSPS) is 16.7. The van der Waals surface area contributed by atoms with E-state index >= 15 is 0 Å². The van der Waals surface area contributed by atoms with Gasteiger partial charge in [0.2, 0.25) is 0 Å². The van der Waals surface area contributed by atoms with Gasteiger partial charge in [-0.2, -0.15) is 0 Å². The van der Waals surface area contributed by atoms with Crippen molar-refractivity contribution >= 4 is 34.4 Å². The molecular weight excluding hydrogens is 452 g/mol. The van der Waals surface area contributed by atoms with Crippen LogP contribution in [0.15, 0.2) is 30.7 Å². The number of aromatic amines is 1. The summed E-state index contributed by atoms with van der Waals surface area (Å²) in [7, 11) is 0. The summed E-state index contributed by atoms with van der Waals surface area (Å²) in [6.45, 7) is 0.340. The maximum absolute atomic E-state index is 12.9. The summed E-state index contributed by atoms with van der Waals surface area (Å²) in [5.74, 6) is -0.481. The zero-order chi connectivity index (χ0) is 24.4. The van der Waals surface area contributed by atoms with Gasteiger partial charge in [-0.1, -0.05) is 25.3 Å². The molecule has 0 atom stereocenters. The van der Waals surface area contributed by atoms with E-state index in [0.717, 1.165) is 24.8 Å². The topological polar surface area (TPSA) is 158 Å². The van der Waals surface area contributed by atoms with E-state index in [1.807, 2.05) is 0 Å². The van der Waals surface area contributed by atoms with Gasteiger partial charge in [-0.15, -0.1) is 0 Å². The van der Waals surface area contributed by atoms with Crippen molar-refractivity contribution < 1.29 is 24.2 Å². The number of amides is 3. The smallest absolute Gasteiger partial charge is 0.272 e. The molecular formula is C24H26N6O5. The van der Waals surface area contributed by atoms with E-state index in [1.54, 1.807) is 18.2 Å². The van der Waals surface area contributed by atoms with E-state index < -0.39 is 11.5 Å². The second-order valence-electron chi connectivity index (χ2n) is 8.97. The number of anilines is 1. The molecule has 1 aliphatic carbocycles. The van der Waals surface area contributed by atoms with Crippen LogP contribution in [-0.2, 0) is 11.3 Å². The maximum Gasteiger partial charge on any atom is 0.272 e. The lowest BCUT2D eigenvalue weighted by molar-refractivity contribution is -0.118. The zero-order valence-electron chi connectivity index (χ0n) is 19.0. The number of aliphatic hydroxyl groups is 1. The Morgan fingerprint density at radius 3 is 2.77 bits per heavy atom. The van der Waals surface area contributed by atoms with Gasteiger partial charge in [-0.3, -0.25) is 14.4 Å². The molecule has 1 saturated carbocycles. The van der Waals surface area contributed by atoms with E-state index in [-0.39, 0.29) is 42.8 Å². The number of nitrogens with one attached hydrogen (secondary N) is 4.